The predicted octanol–water partition coefficient (Wildman–Crippen LogP) is 2.03. The maximum Gasteiger partial charge on any atom is 0.353 e. The summed E-state index contributed by atoms with van der Waals surface area (Å²) in [5, 5.41) is 19.3. The van der Waals surface area contributed by atoms with Crippen molar-refractivity contribution in [2.24, 2.45) is 0 Å². The number of ether oxygens (including phenoxy) is 1. The number of thiazole rings is 1. The third kappa shape index (κ3) is 4.07. The number of aromatic nitrogens is 3. The lowest BCUT2D eigenvalue weighted by Gasteiger charge is -2.08. The molecule has 9 nitrogen and oxygen atoms in total. The zero-order valence-electron chi connectivity index (χ0n) is 11.3. The molecular weight excluding hydrogens is 296 g/mol. The van der Waals surface area contributed by atoms with Gasteiger partial charge in [-0.25, -0.2) is 15.0 Å². The molecule has 0 aliphatic carbocycles. The Morgan fingerprint density at radius 1 is 1.38 bits per heavy atom. The molecule has 0 amide bonds. The molecule has 2 N–H and O–H groups in total. The molecule has 2 heterocycles. The van der Waals surface area contributed by atoms with Gasteiger partial charge in [0.15, 0.2) is 5.13 Å². The molecule has 0 saturated heterocycles. The van der Waals surface area contributed by atoms with E-state index < -0.39 is 4.92 Å². The smallest absolute Gasteiger partial charge is 0.353 e. The van der Waals surface area contributed by atoms with Crippen molar-refractivity contribution in [3.8, 4) is 0 Å². The van der Waals surface area contributed by atoms with Crippen LogP contribution in [0.5, 0.6) is 0 Å². The summed E-state index contributed by atoms with van der Waals surface area (Å²) in [7, 11) is 1.60. The lowest BCUT2D eigenvalue weighted by atomic mass is 10.4. The fourth-order valence-electron chi connectivity index (χ4n) is 1.58. The van der Waals surface area contributed by atoms with E-state index in [0.717, 1.165) is 0 Å². The lowest BCUT2D eigenvalue weighted by molar-refractivity contribution is -0.383. The molecular formula is C11H14N6O3S. The third-order valence-corrected chi connectivity index (χ3v) is 3.17. The van der Waals surface area contributed by atoms with Gasteiger partial charge in [0.2, 0.25) is 11.6 Å². The van der Waals surface area contributed by atoms with E-state index in [9.17, 15) is 10.1 Å². The largest absolute Gasteiger partial charge is 0.385 e. The van der Waals surface area contributed by atoms with Crippen molar-refractivity contribution < 1.29 is 9.66 Å². The van der Waals surface area contributed by atoms with Gasteiger partial charge in [0, 0.05) is 31.8 Å². The van der Waals surface area contributed by atoms with E-state index in [1.165, 1.54) is 17.7 Å². The molecule has 0 unspecified atom stereocenters. The minimum Gasteiger partial charge on any atom is -0.385 e. The van der Waals surface area contributed by atoms with E-state index >= 15 is 0 Å². The van der Waals surface area contributed by atoms with Crippen molar-refractivity contribution >= 4 is 33.8 Å². The first kappa shape index (κ1) is 15.1. The fourth-order valence-corrected chi connectivity index (χ4v) is 2.11. The number of nitro groups is 1. The summed E-state index contributed by atoms with van der Waals surface area (Å²) in [5.74, 6) is 0.282. The van der Waals surface area contributed by atoms with Crippen LogP contribution in [0.25, 0.3) is 0 Å². The highest BCUT2D eigenvalue weighted by Crippen LogP contribution is 2.31. The van der Waals surface area contributed by atoms with Gasteiger partial charge in [-0.2, -0.15) is 0 Å². The standard InChI is InChI=1S/C11H14N6O3S/c1-20-5-2-3-12-9-8(17(18)19)10(15-7-14-9)16-11-13-4-6-21-11/h4,6-7H,2-3,5H2,1H3,(H2,12,13,14,15,16). The second-order valence-electron chi connectivity index (χ2n) is 3.91. The van der Waals surface area contributed by atoms with Crippen molar-refractivity contribution in [3.05, 3.63) is 28.0 Å². The van der Waals surface area contributed by atoms with Crippen molar-refractivity contribution in [2.75, 3.05) is 30.9 Å². The van der Waals surface area contributed by atoms with Gasteiger partial charge in [0.25, 0.3) is 0 Å². The highest BCUT2D eigenvalue weighted by atomic mass is 32.1. The van der Waals surface area contributed by atoms with Crippen LogP contribution in [0.15, 0.2) is 17.9 Å². The molecule has 0 aromatic carbocycles. The van der Waals surface area contributed by atoms with Crippen LogP contribution in [0.1, 0.15) is 6.42 Å². The number of methoxy groups -OCH3 is 1. The van der Waals surface area contributed by atoms with Crippen LogP contribution in [0.2, 0.25) is 0 Å². The van der Waals surface area contributed by atoms with Crippen LogP contribution < -0.4 is 10.6 Å². The molecule has 0 aliphatic rings. The second-order valence-corrected chi connectivity index (χ2v) is 4.81. The van der Waals surface area contributed by atoms with E-state index in [0.29, 0.717) is 24.7 Å². The van der Waals surface area contributed by atoms with Gasteiger partial charge in [-0.15, -0.1) is 11.3 Å². The predicted molar refractivity (Wildman–Crippen MR) is 79.1 cm³/mol. The number of hydrogen-bond donors (Lipinski definition) is 2. The quantitative estimate of drug-likeness (QED) is 0.432. The minimum absolute atomic E-state index is 0.110. The number of nitrogens with zero attached hydrogens (tertiary/aromatic N) is 4. The van der Waals surface area contributed by atoms with Gasteiger partial charge in [-0.05, 0) is 6.42 Å². The maximum atomic E-state index is 11.3. The van der Waals surface area contributed by atoms with Crippen LogP contribution in [0, 0.1) is 10.1 Å². The fraction of sp³-hybridized carbons (Fsp3) is 0.364. The van der Waals surface area contributed by atoms with Crippen molar-refractivity contribution in [3.63, 3.8) is 0 Å². The molecule has 0 saturated carbocycles. The third-order valence-electron chi connectivity index (χ3n) is 2.48. The first-order valence-electron chi connectivity index (χ1n) is 6.11. The van der Waals surface area contributed by atoms with E-state index in [1.807, 2.05) is 0 Å². The molecule has 0 aliphatic heterocycles. The Bertz CT molecular complexity index is 592. The van der Waals surface area contributed by atoms with Crippen molar-refractivity contribution in [1.29, 1.82) is 0 Å². The molecule has 10 heteroatoms. The molecule has 0 bridgehead atoms. The summed E-state index contributed by atoms with van der Waals surface area (Å²) in [5.41, 5.74) is -0.204. The summed E-state index contributed by atoms with van der Waals surface area (Å²) in [6.45, 7) is 1.08. The summed E-state index contributed by atoms with van der Waals surface area (Å²) in [6, 6.07) is 0. The Morgan fingerprint density at radius 3 is 2.86 bits per heavy atom. The van der Waals surface area contributed by atoms with Crippen LogP contribution >= 0.6 is 11.3 Å². The van der Waals surface area contributed by atoms with Crippen LogP contribution in [-0.2, 0) is 4.74 Å². The number of rotatable bonds is 8. The monoisotopic (exact) mass is 310 g/mol. The van der Waals surface area contributed by atoms with Crippen molar-refractivity contribution in [1.82, 2.24) is 15.0 Å². The van der Waals surface area contributed by atoms with E-state index in [2.05, 4.69) is 25.6 Å². The molecule has 21 heavy (non-hydrogen) atoms. The zero-order chi connectivity index (χ0) is 15.1. The SMILES string of the molecule is COCCCNc1ncnc(Nc2nccs2)c1[N+](=O)[O-]. The molecule has 0 spiro atoms. The summed E-state index contributed by atoms with van der Waals surface area (Å²) < 4.78 is 4.93. The lowest BCUT2D eigenvalue weighted by Crippen LogP contribution is -2.10. The Balaban J connectivity index is 2.18. The molecule has 2 aromatic heterocycles. The molecule has 112 valence electrons. The van der Waals surface area contributed by atoms with Gasteiger partial charge in [0.05, 0.1) is 4.92 Å². The molecule has 2 aromatic rings. The van der Waals surface area contributed by atoms with Crippen LogP contribution in [0.4, 0.5) is 22.5 Å². The Morgan fingerprint density at radius 2 is 2.19 bits per heavy atom. The van der Waals surface area contributed by atoms with E-state index in [-0.39, 0.29) is 17.3 Å². The first-order valence-corrected chi connectivity index (χ1v) is 6.99. The molecule has 0 radical (unpaired) electrons. The number of nitrogens with one attached hydrogen (secondary N) is 2. The minimum atomic E-state index is -0.519. The average molecular weight is 310 g/mol. The number of anilines is 3. The Labute approximate surface area is 124 Å². The van der Waals surface area contributed by atoms with E-state index in [4.69, 9.17) is 4.74 Å². The van der Waals surface area contributed by atoms with Crippen molar-refractivity contribution in [2.45, 2.75) is 6.42 Å². The summed E-state index contributed by atoms with van der Waals surface area (Å²) in [4.78, 5) is 22.6. The van der Waals surface area contributed by atoms with Gasteiger partial charge in [-0.1, -0.05) is 0 Å². The normalized spacial score (nSPS) is 10.3. The first-order chi connectivity index (χ1) is 10.2. The molecule has 2 rings (SSSR count). The van der Waals surface area contributed by atoms with Gasteiger partial charge >= 0.3 is 5.69 Å². The summed E-state index contributed by atoms with van der Waals surface area (Å²) >= 11 is 1.33. The van der Waals surface area contributed by atoms with Gasteiger partial charge in [0.1, 0.15) is 6.33 Å². The van der Waals surface area contributed by atoms with Crippen LogP contribution in [-0.4, -0.2) is 40.1 Å². The van der Waals surface area contributed by atoms with Gasteiger partial charge in [-0.3, -0.25) is 10.1 Å². The zero-order valence-corrected chi connectivity index (χ0v) is 12.1. The average Bonchev–Trinajstić information content (AvgIpc) is 2.96. The van der Waals surface area contributed by atoms with Gasteiger partial charge < -0.3 is 15.4 Å². The molecule has 0 atom stereocenters. The number of hydrogen-bond acceptors (Lipinski definition) is 9. The van der Waals surface area contributed by atoms with Crippen LogP contribution in [0.3, 0.4) is 0 Å². The highest BCUT2D eigenvalue weighted by Gasteiger charge is 2.23. The second kappa shape index (κ2) is 7.45. The summed E-state index contributed by atoms with van der Waals surface area (Å²) in [6.07, 6.45) is 3.58. The van der Waals surface area contributed by atoms with E-state index in [1.54, 1.807) is 18.7 Å². The Hall–Kier alpha value is -2.33. The Kier molecular flexibility index (Phi) is 5.35. The maximum absolute atomic E-state index is 11.3. The topological polar surface area (TPSA) is 115 Å². The molecule has 0 fully saturated rings. The highest BCUT2D eigenvalue weighted by molar-refractivity contribution is 7.13.